The fourth-order valence-electron chi connectivity index (χ4n) is 11.2. The maximum atomic E-state index is 2.73. The van der Waals surface area contributed by atoms with Crippen LogP contribution >= 0.6 is 0 Å². The first kappa shape index (κ1) is 33.3. The summed E-state index contributed by atoms with van der Waals surface area (Å²) in [5.74, 6) is 0.517. The zero-order chi connectivity index (χ0) is 37.6. The molecule has 1 aromatic heterocycles. The van der Waals surface area contributed by atoms with E-state index in [2.05, 4.69) is 150 Å². The molecule has 0 aliphatic heterocycles. The highest BCUT2D eigenvalue weighted by atomic mass is 15.2. The van der Waals surface area contributed by atoms with Crippen LogP contribution in [-0.2, 0) is 25.7 Å². The second-order valence-electron chi connectivity index (χ2n) is 17.2. The Hall–Kier alpha value is -5.86. The minimum absolute atomic E-state index is 0.517. The Balaban J connectivity index is 1.08. The van der Waals surface area contributed by atoms with Gasteiger partial charge in [0.2, 0.25) is 0 Å². The monoisotopic (exact) mass is 736 g/mol. The minimum Gasteiger partial charge on any atom is -0.317 e. The number of fused-ring (bicyclic) bond motifs is 9. The molecule has 0 radical (unpaired) electrons. The van der Waals surface area contributed by atoms with Crippen LogP contribution in [0.2, 0.25) is 0 Å². The first-order valence-corrected chi connectivity index (χ1v) is 21.6. The molecule has 0 amide bonds. The van der Waals surface area contributed by atoms with Crippen molar-refractivity contribution in [3.05, 3.63) is 182 Å². The Bertz CT molecular complexity index is 2830. The van der Waals surface area contributed by atoms with Gasteiger partial charge in [-0.2, -0.15) is 0 Å². The Morgan fingerprint density at radius 2 is 1.60 bits per heavy atom. The number of anilines is 1. The van der Waals surface area contributed by atoms with Crippen molar-refractivity contribution in [3.63, 3.8) is 0 Å². The molecule has 0 fully saturated rings. The summed E-state index contributed by atoms with van der Waals surface area (Å²) in [6, 6.07) is 26.3. The van der Waals surface area contributed by atoms with Gasteiger partial charge in [0.1, 0.15) is 0 Å². The lowest BCUT2D eigenvalue weighted by atomic mass is 9.86. The Kier molecular flexibility index (Phi) is 7.65. The second-order valence-corrected chi connectivity index (χ2v) is 17.2. The summed E-state index contributed by atoms with van der Waals surface area (Å²) in [5, 5.41) is 2.83. The number of aromatic nitrogens is 1. The highest BCUT2D eigenvalue weighted by Gasteiger charge is 2.36. The van der Waals surface area contributed by atoms with Crippen molar-refractivity contribution in [3.8, 4) is 5.69 Å². The average molecular weight is 737 g/mol. The number of hydrogen-bond acceptors (Lipinski definition) is 1. The topological polar surface area (TPSA) is 8.17 Å². The molecule has 0 bridgehead atoms. The molecule has 0 spiro atoms. The molecule has 1 atom stereocenters. The van der Waals surface area contributed by atoms with E-state index < -0.39 is 0 Å². The molecule has 7 aliphatic carbocycles. The number of hydrogen-bond donors (Lipinski definition) is 0. The van der Waals surface area contributed by atoms with Crippen molar-refractivity contribution in [2.45, 2.75) is 77.6 Å². The van der Waals surface area contributed by atoms with Crippen LogP contribution in [0.3, 0.4) is 0 Å². The van der Waals surface area contributed by atoms with E-state index in [1.165, 1.54) is 112 Å². The molecule has 1 heterocycles. The summed E-state index contributed by atoms with van der Waals surface area (Å²) in [6.07, 6.45) is 38.2. The third kappa shape index (κ3) is 5.22. The minimum atomic E-state index is 0.517. The molecular weight excluding hydrogens is 689 g/mol. The van der Waals surface area contributed by atoms with Crippen molar-refractivity contribution in [1.82, 2.24) is 4.57 Å². The maximum Gasteiger partial charge on any atom is 0.0461 e. The Labute approximate surface area is 336 Å². The second kappa shape index (κ2) is 13.1. The van der Waals surface area contributed by atoms with Crippen LogP contribution in [0.1, 0.15) is 113 Å². The zero-order valence-electron chi connectivity index (χ0n) is 33.0. The van der Waals surface area contributed by atoms with Gasteiger partial charge in [0.25, 0.3) is 0 Å². The summed E-state index contributed by atoms with van der Waals surface area (Å²) in [5.41, 5.74) is 25.6. The van der Waals surface area contributed by atoms with Crippen LogP contribution in [0.4, 0.5) is 5.69 Å². The van der Waals surface area contributed by atoms with Gasteiger partial charge < -0.3 is 9.47 Å². The number of nitrogens with zero attached hydrogens (tertiary/aromatic N) is 2. The van der Waals surface area contributed by atoms with Crippen molar-refractivity contribution >= 4 is 57.5 Å². The van der Waals surface area contributed by atoms with Gasteiger partial charge in [0, 0.05) is 50.9 Å². The molecule has 2 heteroatoms. The van der Waals surface area contributed by atoms with Gasteiger partial charge in [-0.05, 0) is 168 Å². The molecular formula is C55H48N2. The first-order chi connectivity index (χ1) is 28.2. The first-order valence-electron chi connectivity index (χ1n) is 21.6. The van der Waals surface area contributed by atoms with Crippen LogP contribution < -0.4 is 4.90 Å². The summed E-state index contributed by atoms with van der Waals surface area (Å²) in [6.45, 7) is 2.37. The van der Waals surface area contributed by atoms with E-state index in [-0.39, 0.29) is 0 Å². The molecule has 2 nitrogen and oxygen atoms in total. The lowest BCUT2D eigenvalue weighted by Crippen LogP contribution is -2.26. The van der Waals surface area contributed by atoms with E-state index in [1.807, 2.05) is 0 Å². The fourth-order valence-corrected chi connectivity index (χ4v) is 11.2. The molecule has 1 unspecified atom stereocenters. The van der Waals surface area contributed by atoms with Crippen molar-refractivity contribution in [1.29, 1.82) is 0 Å². The normalized spacial score (nSPS) is 19.7. The highest BCUT2D eigenvalue weighted by molar-refractivity contribution is 6.25. The fraction of sp³-hybridized carbons (Fsp3) is 0.236. The highest BCUT2D eigenvalue weighted by Crippen LogP contribution is 2.54. The van der Waals surface area contributed by atoms with Crippen LogP contribution in [0.5, 0.6) is 0 Å². The molecule has 12 rings (SSSR count). The van der Waals surface area contributed by atoms with Crippen molar-refractivity contribution < 1.29 is 0 Å². The van der Waals surface area contributed by atoms with Crippen LogP contribution in [0, 0.1) is 5.92 Å². The van der Waals surface area contributed by atoms with Gasteiger partial charge >= 0.3 is 0 Å². The number of benzene rings is 4. The van der Waals surface area contributed by atoms with E-state index in [9.17, 15) is 0 Å². The summed E-state index contributed by atoms with van der Waals surface area (Å²) < 4.78 is 2.66. The van der Waals surface area contributed by atoms with E-state index in [1.54, 1.807) is 0 Å². The van der Waals surface area contributed by atoms with Crippen LogP contribution in [0.25, 0.3) is 57.5 Å². The smallest absolute Gasteiger partial charge is 0.0461 e. The summed E-state index contributed by atoms with van der Waals surface area (Å²) in [4.78, 5) is 2.73. The lowest BCUT2D eigenvalue weighted by molar-refractivity contribution is 0.678. The Morgan fingerprint density at radius 3 is 2.53 bits per heavy atom. The maximum absolute atomic E-state index is 2.73. The molecule has 0 N–H and O–H groups in total. The van der Waals surface area contributed by atoms with E-state index in [0.29, 0.717) is 5.92 Å². The largest absolute Gasteiger partial charge is 0.317 e. The third-order valence-corrected chi connectivity index (χ3v) is 13.8. The average Bonchev–Trinajstić information content (AvgIpc) is 3.78. The molecule has 0 saturated heterocycles. The number of allylic oxidation sites excluding steroid dienone is 12. The molecule has 4 aromatic carbocycles. The van der Waals surface area contributed by atoms with E-state index in [4.69, 9.17) is 0 Å². The standard InChI is InChI=1S/C55H48N2/c1-35-24-28-46-49-34-44(27-29-50(49)57(52(46)30-35)43-26-25-37-14-5-6-15-38(37)33-43)56(42-19-9-17-39(32-42)36-12-3-2-4-13-36)51-23-11-22-48-54(51)47-21-10-18-41-31-40-16-7-8-20-45(40)55(48)53(41)47/h2-3,6,8-10,12,15,17-22,24-26,28,31-35H,4-5,7,11,13-14,16,23,27,29-30H2,1H3. The quantitative estimate of drug-likeness (QED) is 0.174. The van der Waals surface area contributed by atoms with Gasteiger partial charge in [0.05, 0.1) is 0 Å². The lowest BCUT2D eigenvalue weighted by Gasteiger charge is -2.35. The number of rotatable bonds is 5. The molecule has 7 aliphatic rings. The molecule has 0 saturated carbocycles. The predicted octanol–water partition coefficient (Wildman–Crippen LogP) is 13.9. The van der Waals surface area contributed by atoms with E-state index >= 15 is 0 Å². The van der Waals surface area contributed by atoms with Crippen LogP contribution in [-0.4, -0.2) is 4.57 Å². The van der Waals surface area contributed by atoms with E-state index in [0.717, 1.165) is 70.6 Å². The van der Waals surface area contributed by atoms with Gasteiger partial charge in [-0.25, -0.2) is 0 Å². The van der Waals surface area contributed by atoms with Gasteiger partial charge in [-0.3, -0.25) is 0 Å². The SMILES string of the molecule is CC1C=Cc2c3c(n(-c4ccc5c(c4)C=CCC5)c2C1)CCC(N(C1=C2C(=CCC1)c1c4c(cc5cccc2c15)CCC=C4)c1cccc(C2=CC=CCC2)c1)=C3. The van der Waals surface area contributed by atoms with Gasteiger partial charge in [-0.15, -0.1) is 0 Å². The number of aryl methyl sites for hydroxylation is 2. The van der Waals surface area contributed by atoms with Gasteiger partial charge in [0.15, 0.2) is 0 Å². The van der Waals surface area contributed by atoms with Crippen molar-refractivity contribution in [2.75, 3.05) is 4.90 Å². The Morgan fingerprint density at radius 1 is 0.702 bits per heavy atom. The summed E-state index contributed by atoms with van der Waals surface area (Å²) in [7, 11) is 0. The van der Waals surface area contributed by atoms with Crippen molar-refractivity contribution in [2.24, 2.45) is 5.92 Å². The predicted molar refractivity (Wildman–Crippen MR) is 242 cm³/mol. The zero-order valence-corrected chi connectivity index (χ0v) is 33.0. The van der Waals surface area contributed by atoms with Gasteiger partial charge in [-0.1, -0.05) is 110 Å². The third-order valence-electron chi connectivity index (χ3n) is 13.8. The summed E-state index contributed by atoms with van der Waals surface area (Å²) >= 11 is 0. The van der Waals surface area contributed by atoms with Crippen LogP contribution in [0.15, 0.2) is 121 Å². The molecule has 278 valence electrons. The molecule has 5 aromatic rings. The molecule has 57 heavy (non-hydrogen) atoms.